The Kier molecular flexibility index (Phi) is 7.58. The van der Waals surface area contributed by atoms with Crippen LogP contribution in [0.1, 0.15) is 51.0 Å². The number of anilines is 3. The lowest BCUT2D eigenvalue weighted by atomic mass is 10.1. The molecule has 9 heteroatoms. The smallest absolute Gasteiger partial charge is 0.250 e. The minimum Gasteiger partial charge on any atom is -0.493 e. The van der Waals surface area contributed by atoms with Gasteiger partial charge < -0.3 is 19.3 Å². The van der Waals surface area contributed by atoms with Gasteiger partial charge in [-0.3, -0.25) is 0 Å². The van der Waals surface area contributed by atoms with E-state index in [4.69, 9.17) is 14.5 Å². The van der Waals surface area contributed by atoms with Gasteiger partial charge in [0.1, 0.15) is 0 Å². The molecule has 0 unspecified atom stereocenters. The molecule has 0 amide bonds. The molecule has 9 nitrogen and oxygen atoms in total. The molecule has 2 aliphatic heterocycles. The first kappa shape index (κ1) is 22.1. The first-order valence-corrected chi connectivity index (χ1v) is 11.6. The maximum atomic E-state index is 5.65. The van der Waals surface area contributed by atoms with Gasteiger partial charge in [0, 0.05) is 26.2 Å². The lowest BCUT2D eigenvalue weighted by molar-refractivity contribution is 0.311. The molecule has 2 aromatic rings. The van der Waals surface area contributed by atoms with Gasteiger partial charge in [0.2, 0.25) is 17.8 Å². The van der Waals surface area contributed by atoms with Crippen LogP contribution in [0.4, 0.5) is 17.8 Å². The Morgan fingerprint density at radius 1 is 0.906 bits per heavy atom. The molecule has 172 valence electrons. The summed E-state index contributed by atoms with van der Waals surface area (Å²) in [4.78, 5) is 18.6. The van der Waals surface area contributed by atoms with Crippen LogP contribution in [0.3, 0.4) is 0 Å². The van der Waals surface area contributed by atoms with Crippen LogP contribution in [0.5, 0.6) is 11.5 Å². The highest BCUT2D eigenvalue weighted by atomic mass is 16.5. The van der Waals surface area contributed by atoms with Crippen molar-refractivity contribution in [1.29, 1.82) is 0 Å². The molecule has 0 aliphatic carbocycles. The number of methoxy groups -OCH3 is 1. The average Bonchev–Trinajstić information content (AvgIpc) is 2.85. The van der Waals surface area contributed by atoms with Crippen LogP contribution in [-0.2, 0) is 0 Å². The Bertz CT molecular complexity index is 873. The molecule has 2 aliphatic rings. The fourth-order valence-electron chi connectivity index (χ4n) is 4.08. The third-order valence-corrected chi connectivity index (χ3v) is 5.76. The molecule has 0 radical (unpaired) electrons. The number of nitrogens with one attached hydrogen (secondary N) is 1. The van der Waals surface area contributed by atoms with Crippen LogP contribution in [0.15, 0.2) is 23.3 Å². The molecular formula is C23H33N7O2. The van der Waals surface area contributed by atoms with Crippen molar-refractivity contribution in [3.05, 3.63) is 23.8 Å². The summed E-state index contributed by atoms with van der Waals surface area (Å²) in [6.07, 6.45) is 8.95. The van der Waals surface area contributed by atoms with Crippen molar-refractivity contribution in [1.82, 2.24) is 15.0 Å². The zero-order chi connectivity index (χ0) is 22.2. The standard InChI is InChI=1S/C23H33N7O2/c1-3-32-20-16-18(10-11-19(20)31-2)17-24-28-21-25-22(29-12-6-4-7-13-29)27-23(26-21)30-14-8-5-9-15-30/h10-11,16-17H,3-9,12-15H2,1-2H3,(H,25,26,27,28). The summed E-state index contributed by atoms with van der Waals surface area (Å²) in [6.45, 7) is 6.45. The van der Waals surface area contributed by atoms with Crippen LogP contribution < -0.4 is 24.7 Å². The number of benzene rings is 1. The summed E-state index contributed by atoms with van der Waals surface area (Å²) in [5, 5.41) is 4.38. The summed E-state index contributed by atoms with van der Waals surface area (Å²) < 4.78 is 11.0. The van der Waals surface area contributed by atoms with E-state index >= 15 is 0 Å². The largest absolute Gasteiger partial charge is 0.493 e. The molecule has 32 heavy (non-hydrogen) atoms. The molecule has 1 aromatic heterocycles. The van der Waals surface area contributed by atoms with E-state index in [1.54, 1.807) is 13.3 Å². The van der Waals surface area contributed by atoms with Gasteiger partial charge in [-0.15, -0.1) is 0 Å². The summed E-state index contributed by atoms with van der Waals surface area (Å²) in [6, 6.07) is 5.70. The topological polar surface area (TPSA) is 88.0 Å². The second-order valence-electron chi connectivity index (χ2n) is 8.07. The molecule has 0 spiro atoms. The first-order valence-electron chi connectivity index (χ1n) is 11.6. The molecule has 1 aromatic carbocycles. The summed E-state index contributed by atoms with van der Waals surface area (Å²) in [7, 11) is 1.63. The fraction of sp³-hybridized carbons (Fsp3) is 0.565. The van der Waals surface area contributed by atoms with E-state index in [1.807, 2.05) is 25.1 Å². The van der Waals surface area contributed by atoms with E-state index in [2.05, 4.69) is 30.3 Å². The van der Waals surface area contributed by atoms with E-state index in [1.165, 1.54) is 38.5 Å². The maximum absolute atomic E-state index is 5.65. The Hall–Kier alpha value is -3.10. The normalized spacial score (nSPS) is 16.9. The van der Waals surface area contributed by atoms with Crippen molar-refractivity contribution in [2.45, 2.75) is 45.4 Å². The number of aromatic nitrogens is 3. The molecule has 0 bridgehead atoms. The Morgan fingerprint density at radius 3 is 2.09 bits per heavy atom. The number of hydrazone groups is 1. The van der Waals surface area contributed by atoms with Crippen LogP contribution in [0.2, 0.25) is 0 Å². The molecule has 4 rings (SSSR count). The van der Waals surface area contributed by atoms with Gasteiger partial charge >= 0.3 is 0 Å². The summed E-state index contributed by atoms with van der Waals surface area (Å²) in [5.41, 5.74) is 3.91. The first-order chi connectivity index (χ1) is 15.8. The molecule has 1 N–H and O–H groups in total. The van der Waals surface area contributed by atoms with Crippen molar-refractivity contribution in [3.63, 3.8) is 0 Å². The van der Waals surface area contributed by atoms with E-state index in [0.29, 0.717) is 24.1 Å². The molecule has 0 saturated carbocycles. The summed E-state index contributed by atoms with van der Waals surface area (Å²) >= 11 is 0. The zero-order valence-electron chi connectivity index (χ0n) is 19.1. The van der Waals surface area contributed by atoms with E-state index in [9.17, 15) is 0 Å². The van der Waals surface area contributed by atoms with Gasteiger partial charge in [-0.25, -0.2) is 5.43 Å². The van der Waals surface area contributed by atoms with Gasteiger partial charge in [-0.05, 0) is 69.2 Å². The number of hydrogen-bond acceptors (Lipinski definition) is 9. The predicted octanol–water partition coefficient (Wildman–Crippen LogP) is 3.71. The van der Waals surface area contributed by atoms with Gasteiger partial charge in [-0.1, -0.05) is 0 Å². The highest BCUT2D eigenvalue weighted by Crippen LogP contribution is 2.27. The highest BCUT2D eigenvalue weighted by molar-refractivity contribution is 5.81. The zero-order valence-corrected chi connectivity index (χ0v) is 19.1. The van der Waals surface area contributed by atoms with E-state index in [-0.39, 0.29) is 0 Å². The van der Waals surface area contributed by atoms with Crippen molar-refractivity contribution in [2.75, 3.05) is 55.1 Å². The third kappa shape index (κ3) is 5.57. The number of piperidine rings is 2. The SMILES string of the molecule is CCOc1cc(C=NNc2nc(N3CCCCC3)nc(N3CCCCC3)n2)ccc1OC. The van der Waals surface area contributed by atoms with Crippen molar-refractivity contribution in [3.8, 4) is 11.5 Å². The second kappa shape index (κ2) is 11.0. The van der Waals surface area contributed by atoms with Crippen LogP contribution in [0.25, 0.3) is 0 Å². The van der Waals surface area contributed by atoms with Crippen molar-refractivity contribution < 1.29 is 9.47 Å². The lowest BCUT2D eigenvalue weighted by Gasteiger charge is -2.30. The van der Waals surface area contributed by atoms with Crippen LogP contribution in [-0.4, -0.2) is 61.1 Å². The molecule has 2 saturated heterocycles. The third-order valence-electron chi connectivity index (χ3n) is 5.76. The monoisotopic (exact) mass is 439 g/mol. The average molecular weight is 440 g/mol. The van der Waals surface area contributed by atoms with Crippen LogP contribution >= 0.6 is 0 Å². The Morgan fingerprint density at radius 2 is 1.53 bits per heavy atom. The number of rotatable bonds is 8. The number of ether oxygens (including phenoxy) is 2. The predicted molar refractivity (Wildman–Crippen MR) is 127 cm³/mol. The summed E-state index contributed by atoms with van der Waals surface area (Å²) in [5.74, 6) is 3.34. The van der Waals surface area contributed by atoms with Crippen molar-refractivity contribution in [2.24, 2.45) is 5.10 Å². The highest BCUT2D eigenvalue weighted by Gasteiger charge is 2.20. The van der Waals surface area contributed by atoms with Gasteiger partial charge in [0.05, 0.1) is 19.9 Å². The lowest BCUT2D eigenvalue weighted by Crippen LogP contribution is -2.34. The number of hydrogen-bond donors (Lipinski definition) is 1. The molecule has 2 fully saturated rings. The molecule has 0 atom stereocenters. The van der Waals surface area contributed by atoms with E-state index < -0.39 is 0 Å². The van der Waals surface area contributed by atoms with Gasteiger partial charge in [0.15, 0.2) is 11.5 Å². The quantitative estimate of drug-likeness (QED) is 0.492. The van der Waals surface area contributed by atoms with Gasteiger partial charge in [-0.2, -0.15) is 20.1 Å². The minimum atomic E-state index is 0.468. The van der Waals surface area contributed by atoms with E-state index in [0.717, 1.165) is 43.6 Å². The minimum absolute atomic E-state index is 0.468. The molecule has 3 heterocycles. The Balaban J connectivity index is 1.53. The maximum Gasteiger partial charge on any atom is 0.250 e. The fourth-order valence-corrected chi connectivity index (χ4v) is 4.08. The van der Waals surface area contributed by atoms with Crippen LogP contribution in [0, 0.1) is 0 Å². The molecular weight excluding hydrogens is 406 g/mol. The van der Waals surface area contributed by atoms with Crippen molar-refractivity contribution >= 4 is 24.1 Å². The second-order valence-corrected chi connectivity index (χ2v) is 8.07. The Labute approximate surface area is 189 Å². The number of nitrogens with zero attached hydrogens (tertiary/aromatic N) is 6. The van der Waals surface area contributed by atoms with Gasteiger partial charge in [0.25, 0.3) is 0 Å².